The molecule has 0 radical (unpaired) electrons. The highest BCUT2D eigenvalue weighted by molar-refractivity contribution is 6.04. The first-order valence-electron chi connectivity index (χ1n) is 12.3. The molecule has 42 heavy (non-hydrogen) atoms. The standard InChI is InChI=1S/C27H21F4N7O4/c28-14-1-4-17(5-2-14)38-27(41)18(7-10-33-38)26(40)35-15-3-6-20(19(29)11-15)42-21-8-9-32-24-23(21)25(37-36-24)34-16(13-39)12-22(30)31/h1-11,16,22,39H,12-13H2,(H,35,40)(H2,32,34,36,37)/t16-/m0/s1. The van der Waals surface area contributed by atoms with E-state index in [9.17, 15) is 27.9 Å². The summed E-state index contributed by atoms with van der Waals surface area (Å²) >= 11 is 0. The normalized spacial score (nSPS) is 12.0. The van der Waals surface area contributed by atoms with E-state index in [0.29, 0.717) is 0 Å². The number of ether oxygens (including phenoxy) is 1. The van der Waals surface area contributed by atoms with Crippen molar-refractivity contribution < 1.29 is 32.2 Å². The van der Waals surface area contributed by atoms with Crippen molar-refractivity contribution in [3.63, 3.8) is 0 Å². The van der Waals surface area contributed by atoms with Gasteiger partial charge in [-0.2, -0.15) is 14.9 Å². The van der Waals surface area contributed by atoms with Crippen LogP contribution in [0.5, 0.6) is 11.5 Å². The van der Waals surface area contributed by atoms with Crippen molar-refractivity contribution in [2.75, 3.05) is 17.2 Å². The molecule has 5 aromatic rings. The van der Waals surface area contributed by atoms with Gasteiger partial charge in [0.1, 0.15) is 22.5 Å². The molecule has 2 aromatic carbocycles. The molecule has 3 heterocycles. The van der Waals surface area contributed by atoms with Crippen molar-refractivity contribution in [3.8, 4) is 17.2 Å². The third kappa shape index (κ3) is 6.05. The summed E-state index contributed by atoms with van der Waals surface area (Å²) in [4.78, 5) is 29.8. The molecule has 4 N–H and O–H groups in total. The van der Waals surface area contributed by atoms with Crippen LogP contribution in [0, 0.1) is 11.6 Å². The average Bonchev–Trinajstić information content (AvgIpc) is 3.38. The van der Waals surface area contributed by atoms with Gasteiger partial charge in [-0.15, -0.1) is 0 Å². The van der Waals surface area contributed by atoms with Gasteiger partial charge in [-0.1, -0.05) is 0 Å². The number of pyridine rings is 1. The molecule has 11 nitrogen and oxygen atoms in total. The first-order chi connectivity index (χ1) is 20.2. The van der Waals surface area contributed by atoms with Crippen molar-refractivity contribution in [1.29, 1.82) is 0 Å². The summed E-state index contributed by atoms with van der Waals surface area (Å²) in [6, 6.07) is 10.1. The van der Waals surface area contributed by atoms with Crippen LogP contribution in [0.2, 0.25) is 0 Å². The Morgan fingerprint density at radius 2 is 1.83 bits per heavy atom. The minimum atomic E-state index is -2.67. The number of hydrogen-bond donors (Lipinski definition) is 4. The Kier molecular flexibility index (Phi) is 8.10. The zero-order valence-corrected chi connectivity index (χ0v) is 21.4. The number of fused-ring (bicyclic) bond motifs is 1. The number of aliphatic hydroxyl groups is 1. The van der Waals surface area contributed by atoms with Crippen molar-refractivity contribution in [2.24, 2.45) is 0 Å². The number of benzene rings is 2. The minimum absolute atomic E-state index is 0.0118. The van der Waals surface area contributed by atoms with Gasteiger partial charge in [0, 0.05) is 36.6 Å². The van der Waals surface area contributed by atoms with Gasteiger partial charge in [0.2, 0.25) is 6.43 Å². The fraction of sp³-hybridized carbons (Fsp3) is 0.148. The number of rotatable bonds is 10. The lowest BCUT2D eigenvalue weighted by molar-refractivity contribution is 0.102. The van der Waals surface area contributed by atoms with Gasteiger partial charge >= 0.3 is 0 Å². The quantitative estimate of drug-likeness (QED) is 0.179. The number of aliphatic hydroxyl groups excluding tert-OH is 1. The fourth-order valence-electron chi connectivity index (χ4n) is 4.03. The zero-order chi connectivity index (χ0) is 29.8. The Morgan fingerprint density at radius 3 is 2.55 bits per heavy atom. The Labute approximate surface area is 233 Å². The highest BCUT2D eigenvalue weighted by Crippen LogP contribution is 2.35. The van der Waals surface area contributed by atoms with E-state index in [2.05, 4.69) is 30.9 Å². The highest BCUT2D eigenvalue weighted by atomic mass is 19.3. The number of halogens is 4. The number of amides is 1. The van der Waals surface area contributed by atoms with Gasteiger partial charge in [0.15, 0.2) is 23.0 Å². The number of carbonyl (C=O) groups is 1. The lowest BCUT2D eigenvalue weighted by atomic mass is 10.2. The van der Waals surface area contributed by atoms with Crippen LogP contribution in [0.3, 0.4) is 0 Å². The highest BCUT2D eigenvalue weighted by Gasteiger charge is 2.21. The summed E-state index contributed by atoms with van der Waals surface area (Å²) in [7, 11) is 0. The molecule has 0 bridgehead atoms. The van der Waals surface area contributed by atoms with Crippen LogP contribution in [0.25, 0.3) is 16.7 Å². The number of aromatic nitrogens is 5. The van der Waals surface area contributed by atoms with Crippen LogP contribution in [-0.2, 0) is 0 Å². The molecule has 0 aliphatic carbocycles. The molecule has 5 rings (SSSR count). The number of anilines is 2. The molecule has 0 saturated heterocycles. The first kappa shape index (κ1) is 28.2. The first-order valence-corrected chi connectivity index (χ1v) is 12.3. The van der Waals surface area contributed by atoms with Crippen molar-refractivity contribution >= 4 is 28.4 Å². The van der Waals surface area contributed by atoms with E-state index in [-0.39, 0.29) is 45.3 Å². The predicted molar refractivity (Wildman–Crippen MR) is 143 cm³/mol. The van der Waals surface area contributed by atoms with E-state index in [0.717, 1.165) is 22.9 Å². The van der Waals surface area contributed by atoms with Crippen LogP contribution in [0.1, 0.15) is 16.8 Å². The summed E-state index contributed by atoms with van der Waals surface area (Å²) in [5.74, 6) is -2.31. The van der Waals surface area contributed by atoms with Gasteiger partial charge in [-0.3, -0.25) is 14.7 Å². The molecule has 0 aliphatic heterocycles. The van der Waals surface area contributed by atoms with E-state index in [1.54, 1.807) is 0 Å². The predicted octanol–water partition coefficient (Wildman–Crippen LogP) is 4.25. The number of H-pyrrole nitrogens is 1. The van der Waals surface area contributed by atoms with Gasteiger partial charge < -0.3 is 20.5 Å². The van der Waals surface area contributed by atoms with Gasteiger partial charge in [-0.05, 0) is 42.5 Å². The Morgan fingerprint density at radius 1 is 1.05 bits per heavy atom. The summed E-state index contributed by atoms with van der Waals surface area (Å²) < 4.78 is 60.7. The topological polar surface area (TPSA) is 147 Å². The molecule has 0 fully saturated rings. The lowest BCUT2D eigenvalue weighted by Gasteiger charge is -2.16. The molecule has 0 saturated carbocycles. The SMILES string of the molecule is O=C(Nc1ccc(Oc2ccnc3[nH]nc(N[C@H](CO)CC(F)F)c23)c(F)c1)c1ccnn(-c2ccc(F)cc2)c1=O. The maximum atomic E-state index is 15.1. The second-order valence-corrected chi connectivity index (χ2v) is 8.90. The zero-order valence-electron chi connectivity index (χ0n) is 21.4. The van der Waals surface area contributed by atoms with E-state index < -0.39 is 48.6 Å². The molecule has 1 atom stereocenters. The van der Waals surface area contributed by atoms with E-state index >= 15 is 4.39 Å². The maximum absolute atomic E-state index is 15.1. The number of nitrogens with zero attached hydrogens (tertiary/aromatic N) is 4. The van der Waals surface area contributed by atoms with Crippen molar-refractivity contribution in [1.82, 2.24) is 25.0 Å². The summed E-state index contributed by atoms with van der Waals surface area (Å²) in [5, 5.41) is 25.4. The summed E-state index contributed by atoms with van der Waals surface area (Å²) in [6.45, 7) is -0.587. The van der Waals surface area contributed by atoms with Gasteiger partial charge in [0.05, 0.1) is 18.3 Å². The number of hydrogen-bond acceptors (Lipinski definition) is 8. The van der Waals surface area contributed by atoms with E-state index in [4.69, 9.17) is 4.74 Å². The second kappa shape index (κ2) is 12.1. The van der Waals surface area contributed by atoms with Crippen molar-refractivity contribution in [3.05, 3.63) is 94.5 Å². The smallest absolute Gasteiger partial charge is 0.284 e. The molecular formula is C27H21F4N7O4. The Bertz CT molecular complexity index is 1790. The average molecular weight is 584 g/mol. The summed E-state index contributed by atoms with van der Waals surface area (Å²) in [6.07, 6.45) is -0.719. The molecule has 15 heteroatoms. The van der Waals surface area contributed by atoms with Gasteiger partial charge in [0.25, 0.3) is 11.5 Å². The number of carbonyl (C=O) groups excluding carboxylic acids is 1. The molecule has 0 aliphatic rings. The Balaban J connectivity index is 1.35. The molecule has 1 amide bonds. The number of aromatic amines is 1. The second-order valence-electron chi connectivity index (χ2n) is 8.90. The molecule has 3 aromatic heterocycles. The lowest BCUT2D eigenvalue weighted by Crippen LogP contribution is -2.29. The third-order valence-electron chi connectivity index (χ3n) is 6.02. The van der Waals surface area contributed by atoms with E-state index in [1.807, 2.05) is 0 Å². The maximum Gasteiger partial charge on any atom is 0.284 e. The van der Waals surface area contributed by atoms with Crippen LogP contribution >= 0.6 is 0 Å². The van der Waals surface area contributed by atoms with Crippen LogP contribution < -0.4 is 20.9 Å². The monoisotopic (exact) mass is 583 g/mol. The minimum Gasteiger partial charge on any atom is -0.453 e. The molecular weight excluding hydrogens is 562 g/mol. The Hall–Kier alpha value is -5.31. The largest absolute Gasteiger partial charge is 0.453 e. The fourth-order valence-corrected chi connectivity index (χ4v) is 4.03. The van der Waals surface area contributed by atoms with Gasteiger partial charge in [-0.25, -0.2) is 22.5 Å². The molecule has 0 spiro atoms. The van der Waals surface area contributed by atoms with Crippen LogP contribution in [0.15, 0.2) is 71.8 Å². The van der Waals surface area contributed by atoms with Crippen molar-refractivity contribution in [2.45, 2.75) is 18.9 Å². The summed E-state index contributed by atoms with van der Waals surface area (Å²) in [5.41, 5.74) is -0.590. The van der Waals surface area contributed by atoms with Crippen LogP contribution in [-0.4, -0.2) is 55.0 Å². The molecule has 216 valence electrons. The number of alkyl halides is 2. The van der Waals surface area contributed by atoms with E-state index in [1.165, 1.54) is 48.8 Å². The molecule has 0 unspecified atom stereocenters. The van der Waals surface area contributed by atoms with Crippen LogP contribution in [0.4, 0.5) is 29.1 Å². The third-order valence-corrected chi connectivity index (χ3v) is 6.02. The number of nitrogens with one attached hydrogen (secondary N) is 3.